The van der Waals surface area contributed by atoms with Crippen molar-refractivity contribution in [3.63, 3.8) is 0 Å². The molecule has 4 rings (SSSR count). The van der Waals surface area contributed by atoms with E-state index in [0.29, 0.717) is 25.3 Å². The van der Waals surface area contributed by atoms with Gasteiger partial charge in [0.1, 0.15) is 12.1 Å². The van der Waals surface area contributed by atoms with Crippen molar-refractivity contribution in [2.24, 2.45) is 18.9 Å². The number of piperazine rings is 1. The summed E-state index contributed by atoms with van der Waals surface area (Å²) in [5.74, 6) is 0.521. The molecule has 6 heteroatoms. The van der Waals surface area contributed by atoms with E-state index in [1.54, 1.807) is 6.33 Å². The first-order chi connectivity index (χ1) is 13.9. The van der Waals surface area contributed by atoms with Crippen LogP contribution in [0.5, 0.6) is 0 Å². The summed E-state index contributed by atoms with van der Waals surface area (Å²) in [6, 6.07) is 7.52. The standard InChI is InChI=1S/C23H30N4O2/c1-15(2)10-20-22(28)25-21(18-11-16-6-4-5-7-17(16)12-18)23(29)27(20)9-8-19-13-24-14-26(19)3/h4-7,13-15,18,20-21H,8-12H2,1-3H3,(H,25,28)/t20-,21-/m1/s1. The average Bonchev–Trinajstić information content (AvgIpc) is 3.29. The number of rotatable bonds is 6. The Balaban J connectivity index is 1.54. The van der Waals surface area contributed by atoms with E-state index >= 15 is 0 Å². The fourth-order valence-corrected chi connectivity index (χ4v) is 4.74. The second-order valence-corrected chi connectivity index (χ2v) is 8.85. The predicted molar refractivity (Wildman–Crippen MR) is 111 cm³/mol. The molecule has 0 radical (unpaired) electrons. The van der Waals surface area contributed by atoms with Gasteiger partial charge in [-0.25, -0.2) is 4.98 Å². The molecule has 1 aliphatic heterocycles. The zero-order valence-electron chi connectivity index (χ0n) is 17.5. The number of hydrogen-bond acceptors (Lipinski definition) is 3. The number of carbonyl (C=O) groups is 2. The number of nitrogens with zero attached hydrogens (tertiary/aromatic N) is 3. The Labute approximate surface area is 172 Å². The Kier molecular flexibility index (Phi) is 5.43. The van der Waals surface area contributed by atoms with Gasteiger partial charge in [0.25, 0.3) is 0 Å². The summed E-state index contributed by atoms with van der Waals surface area (Å²) in [4.78, 5) is 32.6. The number of amides is 2. The highest BCUT2D eigenvalue weighted by atomic mass is 16.2. The molecule has 1 fully saturated rings. The molecule has 6 nitrogen and oxygen atoms in total. The molecule has 1 N–H and O–H groups in total. The van der Waals surface area contributed by atoms with Gasteiger partial charge in [0.2, 0.25) is 11.8 Å². The first kappa shape index (κ1) is 19.7. The molecule has 1 aliphatic carbocycles. The summed E-state index contributed by atoms with van der Waals surface area (Å²) in [5, 5.41) is 3.09. The topological polar surface area (TPSA) is 67.2 Å². The molecule has 1 aromatic heterocycles. The lowest BCUT2D eigenvalue weighted by Gasteiger charge is -2.41. The Morgan fingerprint density at radius 2 is 1.86 bits per heavy atom. The van der Waals surface area contributed by atoms with Crippen molar-refractivity contribution in [2.75, 3.05) is 6.54 Å². The highest BCUT2D eigenvalue weighted by molar-refractivity contribution is 5.97. The zero-order valence-corrected chi connectivity index (χ0v) is 17.5. The van der Waals surface area contributed by atoms with Crippen LogP contribution in [0.4, 0.5) is 0 Å². The largest absolute Gasteiger partial charge is 0.342 e. The van der Waals surface area contributed by atoms with Gasteiger partial charge < -0.3 is 14.8 Å². The fourth-order valence-electron chi connectivity index (χ4n) is 4.74. The highest BCUT2D eigenvalue weighted by Crippen LogP contribution is 2.31. The molecule has 2 amide bonds. The van der Waals surface area contributed by atoms with Crippen LogP contribution in [0, 0.1) is 11.8 Å². The molecule has 0 saturated carbocycles. The molecular formula is C23H30N4O2. The zero-order chi connectivity index (χ0) is 20.5. The van der Waals surface area contributed by atoms with Crippen molar-refractivity contribution in [2.45, 2.75) is 51.6 Å². The minimum atomic E-state index is -0.440. The van der Waals surface area contributed by atoms with Gasteiger partial charge in [-0.2, -0.15) is 0 Å². The number of imidazole rings is 1. The fraction of sp³-hybridized carbons (Fsp3) is 0.522. The van der Waals surface area contributed by atoms with Crippen LogP contribution >= 0.6 is 0 Å². The smallest absolute Gasteiger partial charge is 0.246 e. The summed E-state index contributed by atoms with van der Waals surface area (Å²) in [6.07, 6.45) is 6.66. The van der Waals surface area contributed by atoms with Gasteiger partial charge in [-0.1, -0.05) is 38.1 Å². The second kappa shape index (κ2) is 8.01. The van der Waals surface area contributed by atoms with Gasteiger partial charge in [-0.05, 0) is 42.2 Å². The number of nitrogens with one attached hydrogen (secondary N) is 1. The lowest BCUT2D eigenvalue weighted by molar-refractivity contribution is -0.151. The van der Waals surface area contributed by atoms with E-state index in [0.717, 1.165) is 18.5 Å². The third-order valence-electron chi connectivity index (χ3n) is 6.30. The van der Waals surface area contributed by atoms with Gasteiger partial charge in [0, 0.05) is 31.9 Å². The third-order valence-corrected chi connectivity index (χ3v) is 6.30. The lowest BCUT2D eigenvalue weighted by atomic mass is 9.90. The maximum atomic E-state index is 13.5. The van der Waals surface area contributed by atoms with E-state index < -0.39 is 12.1 Å². The van der Waals surface area contributed by atoms with Crippen LogP contribution in [-0.4, -0.2) is 44.9 Å². The molecular weight excluding hydrogens is 364 g/mol. The molecule has 1 aromatic carbocycles. The summed E-state index contributed by atoms with van der Waals surface area (Å²) >= 11 is 0. The molecule has 29 heavy (non-hydrogen) atoms. The van der Waals surface area contributed by atoms with Crippen LogP contribution < -0.4 is 5.32 Å². The van der Waals surface area contributed by atoms with Crippen molar-refractivity contribution >= 4 is 11.8 Å². The van der Waals surface area contributed by atoms with Crippen molar-refractivity contribution in [3.05, 3.63) is 53.6 Å². The molecule has 2 atom stereocenters. The summed E-state index contributed by atoms with van der Waals surface area (Å²) in [6.45, 7) is 4.73. The molecule has 0 spiro atoms. The minimum absolute atomic E-state index is 0.00994. The molecule has 2 aromatic rings. The summed E-state index contributed by atoms with van der Waals surface area (Å²) in [5.41, 5.74) is 3.66. The molecule has 154 valence electrons. The van der Waals surface area contributed by atoms with Gasteiger partial charge in [-0.15, -0.1) is 0 Å². The van der Waals surface area contributed by atoms with Crippen molar-refractivity contribution in [3.8, 4) is 0 Å². The summed E-state index contributed by atoms with van der Waals surface area (Å²) < 4.78 is 1.97. The Morgan fingerprint density at radius 1 is 1.17 bits per heavy atom. The highest BCUT2D eigenvalue weighted by Gasteiger charge is 2.44. The SMILES string of the molecule is CC(C)C[C@@H]1C(=O)N[C@H](C2Cc3ccccc3C2)C(=O)N1CCc1cncn1C. The van der Waals surface area contributed by atoms with Gasteiger partial charge in [-0.3, -0.25) is 9.59 Å². The van der Waals surface area contributed by atoms with Crippen LogP contribution in [0.3, 0.4) is 0 Å². The normalized spacial score (nSPS) is 22.3. The lowest BCUT2D eigenvalue weighted by Crippen LogP contribution is -2.65. The van der Waals surface area contributed by atoms with E-state index in [9.17, 15) is 9.59 Å². The van der Waals surface area contributed by atoms with Crippen LogP contribution in [0.25, 0.3) is 0 Å². The summed E-state index contributed by atoms with van der Waals surface area (Å²) in [7, 11) is 1.96. The van der Waals surface area contributed by atoms with Gasteiger partial charge >= 0.3 is 0 Å². The van der Waals surface area contributed by atoms with Gasteiger partial charge in [0.15, 0.2) is 0 Å². The number of hydrogen-bond donors (Lipinski definition) is 1. The van der Waals surface area contributed by atoms with Gasteiger partial charge in [0.05, 0.1) is 6.33 Å². The third kappa shape index (κ3) is 3.93. The molecule has 0 unspecified atom stereocenters. The number of benzene rings is 1. The van der Waals surface area contributed by atoms with E-state index in [1.807, 2.05) is 34.8 Å². The van der Waals surface area contributed by atoms with Crippen LogP contribution in [0.1, 0.15) is 37.1 Å². The number of carbonyl (C=O) groups excluding carboxylic acids is 2. The first-order valence-corrected chi connectivity index (χ1v) is 10.6. The van der Waals surface area contributed by atoms with Crippen LogP contribution in [0.15, 0.2) is 36.8 Å². The second-order valence-electron chi connectivity index (χ2n) is 8.85. The maximum Gasteiger partial charge on any atom is 0.246 e. The molecule has 1 saturated heterocycles. The van der Waals surface area contributed by atoms with E-state index in [-0.39, 0.29) is 17.7 Å². The maximum absolute atomic E-state index is 13.5. The van der Waals surface area contributed by atoms with Crippen molar-refractivity contribution in [1.29, 1.82) is 0 Å². The van der Waals surface area contributed by atoms with Crippen molar-refractivity contribution in [1.82, 2.24) is 19.8 Å². The predicted octanol–water partition coefficient (Wildman–Crippen LogP) is 2.12. The quantitative estimate of drug-likeness (QED) is 0.816. The Hall–Kier alpha value is -2.63. The van der Waals surface area contributed by atoms with Crippen molar-refractivity contribution < 1.29 is 9.59 Å². The number of aromatic nitrogens is 2. The van der Waals surface area contributed by atoms with E-state index in [4.69, 9.17) is 0 Å². The minimum Gasteiger partial charge on any atom is -0.342 e. The van der Waals surface area contributed by atoms with Crippen LogP contribution in [0.2, 0.25) is 0 Å². The number of aryl methyl sites for hydroxylation is 1. The number of fused-ring (bicyclic) bond motifs is 1. The molecule has 0 bridgehead atoms. The molecule has 2 aliphatic rings. The Bertz CT molecular complexity index is 879. The molecule has 2 heterocycles. The van der Waals surface area contributed by atoms with E-state index in [2.05, 4.69) is 36.3 Å². The first-order valence-electron chi connectivity index (χ1n) is 10.6. The average molecular weight is 395 g/mol. The van der Waals surface area contributed by atoms with Crippen LogP contribution in [-0.2, 0) is 35.9 Å². The Morgan fingerprint density at radius 3 is 2.45 bits per heavy atom. The monoisotopic (exact) mass is 394 g/mol. The van der Waals surface area contributed by atoms with E-state index in [1.165, 1.54) is 11.1 Å².